The fourth-order valence-corrected chi connectivity index (χ4v) is 1.96. The number of nitrogens with one attached hydrogen (secondary N) is 1. The molecule has 2 rings (SSSR count). The first kappa shape index (κ1) is 10.4. The van der Waals surface area contributed by atoms with Gasteiger partial charge in [0.1, 0.15) is 5.15 Å². The quantitative estimate of drug-likeness (QED) is 0.835. The maximum atomic E-state index is 5.70. The lowest BCUT2D eigenvalue weighted by molar-refractivity contribution is 0.901. The van der Waals surface area contributed by atoms with E-state index in [1.165, 1.54) is 4.88 Å². The van der Waals surface area contributed by atoms with Crippen molar-refractivity contribution in [3.8, 4) is 0 Å². The second-order valence-corrected chi connectivity index (χ2v) is 4.44. The van der Waals surface area contributed by atoms with Gasteiger partial charge in [0.2, 0.25) is 0 Å². The Kier molecular flexibility index (Phi) is 3.18. The average Bonchev–Trinajstić information content (AvgIpc) is 2.74. The fraction of sp³-hybridized carbons (Fsp3) is 0.200. The zero-order chi connectivity index (χ0) is 10.7. The summed E-state index contributed by atoms with van der Waals surface area (Å²) in [6.45, 7) is 2.09. The van der Waals surface area contributed by atoms with Crippen molar-refractivity contribution in [1.82, 2.24) is 9.97 Å². The minimum absolute atomic E-state index is 0.237. The first-order chi connectivity index (χ1) is 7.25. The van der Waals surface area contributed by atoms with E-state index in [0.717, 1.165) is 5.69 Å². The van der Waals surface area contributed by atoms with E-state index in [4.69, 9.17) is 11.6 Å². The molecule has 0 aromatic carbocycles. The van der Waals surface area contributed by atoms with E-state index < -0.39 is 0 Å². The van der Waals surface area contributed by atoms with Crippen LogP contribution in [0.4, 0.5) is 5.69 Å². The Bertz CT molecular complexity index is 413. The molecule has 0 aliphatic rings. The maximum absolute atomic E-state index is 5.70. The van der Waals surface area contributed by atoms with Gasteiger partial charge in [-0.1, -0.05) is 11.6 Å². The molecular formula is C10H10ClN3S. The summed E-state index contributed by atoms with van der Waals surface area (Å²) in [5, 5.41) is 3.83. The number of thiazole rings is 1. The normalized spacial score (nSPS) is 12.4. The van der Waals surface area contributed by atoms with Gasteiger partial charge in [0.05, 0.1) is 23.4 Å². The third kappa shape index (κ3) is 2.67. The van der Waals surface area contributed by atoms with E-state index in [0.29, 0.717) is 5.15 Å². The molecule has 0 fully saturated rings. The minimum Gasteiger partial charge on any atom is -0.376 e. The number of anilines is 1. The summed E-state index contributed by atoms with van der Waals surface area (Å²) in [7, 11) is 0. The van der Waals surface area contributed by atoms with E-state index in [9.17, 15) is 0 Å². The zero-order valence-electron chi connectivity index (χ0n) is 8.14. The number of rotatable bonds is 3. The van der Waals surface area contributed by atoms with Gasteiger partial charge in [-0.25, -0.2) is 4.98 Å². The van der Waals surface area contributed by atoms with Crippen LogP contribution in [0.1, 0.15) is 17.8 Å². The molecule has 2 aromatic rings. The summed E-state index contributed by atoms with van der Waals surface area (Å²) >= 11 is 7.33. The van der Waals surface area contributed by atoms with Gasteiger partial charge in [0.15, 0.2) is 0 Å². The number of hydrogen-bond donors (Lipinski definition) is 1. The number of hydrogen-bond acceptors (Lipinski definition) is 4. The van der Waals surface area contributed by atoms with Crippen molar-refractivity contribution >= 4 is 28.6 Å². The van der Waals surface area contributed by atoms with Gasteiger partial charge in [-0.2, -0.15) is 0 Å². The highest BCUT2D eigenvalue weighted by atomic mass is 35.5. The molecule has 0 saturated heterocycles. The van der Waals surface area contributed by atoms with Crippen LogP contribution in [0.2, 0.25) is 5.15 Å². The van der Waals surface area contributed by atoms with Crippen molar-refractivity contribution in [2.75, 3.05) is 5.32 Å². The fourth-order valence-electron chi connectivity index (χ4n) is 1.22. The summed E-state index contributed by atoms with van der Waals surface area (Å²) in [5.74, 6) is 0. The molecule has 0 aliphatic carbocycles. The largest absolute Gasteiger partial charge is 0.376 e. The Morgan fingerprint density at radius 1 is 1.40 bits per heavy atom. The molecule has 3 nitrogen and oxygen atoms in total. The SMILES string of the molecule is CC(Nc1ccc(Cl)nc1)c1cncs1. The van der Waals surface area contributed by atoms with Crippen LogP contribution in [-0.2, 0) is 0 Å². The number of halogens is 1. The molecule has 2 heterocycles. The van der Waals surface area contributed by atoms with Crippen LogP contribution in [0.3, 0.4) is 0 Å². The highest BCUT2D eigenvalue weighted by Crippen LogP contribution is 2.21. The summed E-state index contributed by atoms with van der Waals surface area (Å²) in [6.07, 6.45) is 3.59. The van der Waals surface area contributed by atoms with Gasteiger partial charge < -0.3 is 5.32 Å². The van der Waals surface area contributed by atoms with Crippen LogP contribution in [0.5, 0.6) is 0 Å². The highest BCUT2D eigenvalue weighted by Gasteiger charge is 2.06. The second kappa shape index (κ2) is 4.59. The van der Waals surface area contributed by atoms with Crippen LogP contribution >= 0.6 is 22.9 Å². The van der Waals surface area contributed by atoms with Gasteiger partial charge in [0.25, 0.3) is 0 Å². The number of pyridine rings is 1. The Morgan fingerprint density at radius 2 is 2.27 bits per heavy atom. The lowest BCUT2D eigenvalue weighted by Gasteiger charge is -2.12. The Morgan fingerprint density at radius 3 is 2.87 bits per heavy atom. The Balaban J connectivity index is 2.06. The lowest BCUT2D eigenvalue weighted by atomic mass is 10.3. The number of aromatic nitrogens is 2. The second-order valence-electron chi connectivity index (χ2n) is 3.14. The maximum Gasteiger partial charge on any atom is 0.129 e. The molecule has 1 N–H and O–H groups in total. The third-order valence-electron chi connectivity index (χ3n) is 1.99. The molecule has 0 radical (unpaired) electrons. The van der Waals surface area contributed by atoms with E-state index in [1.807, 2.05) is 17.8 Å². The monoisotopic (exact) mass is 239 g/mol. The van der Waals surface area contributed by atoms with Crippen LogP contribution < -0.4 is 5.32 Å². The van der Waals surface area contributed by atoms with Crippen molar-refractivity contribution in [2.45, 2.75) is 13.0 Å². The van der Waals surface area contributed by atoms with Crippen LogP contribution in [0.15, 0.2) is 30.0 Å². The molecule has 78 valence electrons. The Labute approximate surface area is 97.2 Å². The molecule has 5 heteroatoms. The van der Waals surface area contributed by atoms with E-state index >= 15 is 0 Å². The Hall–Kier alpha value is -1.13. The van der Waals surface area contributed by atoms with E-state index in [1.54, 1.807) is 23.6 Å². The van der Waals surface area contributed by atoms with Gasteiger partial charge in [-0.15, -0.1) is 11.3 Å². The predicted molar refractivity (Wildman–Crippen MR) is 63.4 cm³/mol. The van der Waals surface area contributed by atoms with Crippen molar-refractivity contribution in [1.29, 1.82) is 0 Å². The summed E-state index contributed by atoms with van der Waals surface area (Å²) < 4.78 is 0. The molecule has 0 aliphatic heterocycles. The van der Waals surface area contributed by atoms with E-state index in [-0.39, 0.29) is 6.04 Å². The number of nitrogens with zero attached hydrogens (tertiary/aromatic N) is 2. The van der Waals surface area contributed by atoms with Crippen molar-refractivity contribution in [3.05, 3.63) is 40.1 Å². The molecule has 0 saturated carbocycles. The average molecular weight is 240 g/mol. The molecule has 15 heavy (non-hydrogen) atoms. The molecule has 0 amide bonds. The van der Waals surface area contributed by atoms with Crippen molar-refractivity contribution < 1.29 is 0 Å². The highest BCUT2D eigenvalue weighted by molar-refractivity contribution is 7.09. The molecule has 0 spiro atoms. The van der Waals surface area contributed by atoms with Crippen LogP contribution in [0, 0.1) is 0 Å². The van der Waals surface area contributed by atoms with Crippen LogP contribution in [0.25, 0.3) is 0 Å². The van der Waals surface area contributed by atoms with E-state index in [2.05, 4.69) is 22.2 Å². The summed E-state index contributed by atoms with van der Waals surface area (Å²) in [4.78, 5) is 9.24. The minimum atomic E-state index is 0.237. The molecular weight excluding hydrogens is 230 g/mol. The van der Waals surface area contributed by atoms with Gasteiger partial charge in [-0.05, 0) is 19.1 Å². The van der Waals surface area contributed by atoms with Gasteiger partial charge in [0, 0.05) is 11.1 Å². The molecule has 1 atom stereocenters. The zero-order valence-corrected chi connectivity index (χ0v) is 9.72. The van der Waals surface area contributed by atoms with Crippen molar-refractivity contribution in [2.24, 2.45) is 0 Å². The van der Waals surface area contributed by atoms with Gasteiger partial charge in [-0.3, -0.25) is 4.98 Å². The molecule has 0 bridgehead atoms. The van der Waals surface area contributed by atoms with Gasteiger partial charge >= 0.3 is 0 Å². The smallest absolute Gasteiger partial charge is 0.129 e. The summed E-state index contributed by atoms with van der Waals surface area (Å²) in [6, 6.07) is 3.91. The molecule has 1 unspecified atom stereocenters. The van der Waals surface area contributed by atoms with Crippen LogP contribution in [-0.4, -0.2) is 9.97 Å². The first-order valence-corrected chi connectivity index (χ1v) is 5.78. The van der Waals surface area contributed by atoms with Crippen molar-refractivity contribution in [3.63, 3.8) is 0 Å². The predicted octanol–water partition coefficient (Wildman–Crippen LogP) is 3.36. The standard InChI is InChI=1S/C10H10ClN3S/c1-7(9-5-12-6-15-9)14-8-2-3-10(11)13-4-8/h2-7,14H,1H3. The molecule has 2 aromatic heterocycles. The third-order valence-corrected chi connectivity index (χ3v) is 3.17. The topological polar surface area (TPSA) is 37.8 Å². The first-order valence-electron chi connectivity index (χ1n) is 4.52. The lowest BCUT2D eigenvalue weighted by Crippen LogP contribution is -2.04. The summed E-state index contributed by atoms with van der Waals surface area (Å²) in [5.41, 5.74) is 2.79.